The molecular formula is C10H13FN2O4. The lowest BCUT2D eigenvalue weighted by Crippen LogP contribution is -2.36. The van der Waals surface area contributed by atoms with Gasteiger partial charge in [0.2, 0.25) is 0 Å². The molecule has 1 aromatic rings. The Morgan fingerprint density at radius 2 is 2.35 bits per heavy atom. The zero-order chi connectivity index (χ0) is 13.4. The molecule has 1 saturated heterocycles. The summed E-state index contributed by atoms with van der Waals surface area (Å²) in [6.07, 6.45) is -4.39. The number of nitrogens with one attached hydrogen (secondary N) is 1. The minimum Gasteiger partial charge on any atom is -0.387 e. The van der Waals surface area contributed by atoms with E-state index in [4.69, 9.17) is 6.11 Å². The van der Waals surface area contributed by atoms with Gasteiger partial charge in [0.1, 0.15) is 6.10 Å². The molecule has 0 bridgehead atoms. The van der Waals surface area contributed by atoms with Gasteiger partial charge in [-0.1, -0.05) is 0 Å². The third-order valence-electron chi connectivity index (χ3n) is 2.71. The highest BCUT2D eigenvalue weighted by Crippen LogP contribution is 2.30. The van der Waals surface area contributed by atoms with Gasteiger partial charge in [-0.15, -0.1) is 0 Å². The summed E-state index contributed by atoms with van der Waals surface area (Å²) in [4.78, 5) is 24.8. The fourth-order valence-electron chi connectivity index (χ4n) is 1.70. The van der Waals surface area contributed by atoms with Crippen LogP contribution in [0.1, 0.15) is 20.1 Å². The summed E-state index contributed by atoms with van der Waals surface area (Å²) in [5.41, 5.74) is -1.13. The second-order valence-electron chi connectivity index (χ2n) is 3.98. The molecule has 0 aromatic carbocycles. The molecule has 2 N–H and O–H groups in total. The van der Waals surface area contributed by atoms with Gasteiger partial charge < -0.3 is 9.84 Å². The van der Waals surface area contributed by atoms with Crippen LogP contribution in [-0.4, -0.2) is 33.0 Å². The summed E-state index contributed by atoms with van der Waals surface area (Å²) in [5, 5.41) is 9.50. The van der Waals surface area contributed by atoms with Crippen molar-refractivity contribution < 1.29 is 15.6 Å². The van der Waals surface area contributed by atoms with Gasteiger partial charge in [0.15, 0.2) is 12.4 Å². The summed E-state index contributed by atoms with van der Waals surface area (Å²) in [6.45, 7) is 1.16. The van der Waals surface area contributed by atoms with E-state index in [0.29, 0.717) is 0 Å². The van der Waals surface area contributed by atoms with E-state index in [2.05, 4.69) is 0 Å². The molecule has 0 saturated carbocycles. The molecular weight excluding hydrogens is 231 g/mol. The Kier molecular flexibility index (Phi) is 2.56. The second-order valence-corrected chi connectivity index (χ2v) is 3.98. The van der Waals surface area contributed by atoms with E-state index in [9.17, 15) is 19.1 Å². The zero-order valence-corrected chi connectivity index (χ0v) is 9.09. The number of hydrogen-bond acceptors (Lipinski definition) is 4. The predicted molar refractivity (Wildman–Crippen MR) is 56.5 cm³/mol. The van der Waals surface area contributed by atoms with Crippen molar-refractivity contribution >= 4 is 0 Å². The standard InChI is InChI=1S/C10H13FN2O4/c1-4-3-13(10(16)12-8(4)15)9-6(11)7(14)5(2)17-9/h3,5-7,9,14H,1-2H3,(H,12,15,16)/t5-,6-,7-,9-/m1/s1/i2D. The first-order chi connectivity index (χ1) is 8.45. The van der Waals surface area contributed by atoms with Crippen molar-refractivity contribution in [1.82, 2.24) is 9.55 Å². The van der Waals surface area contributed by atoms with Crippen molar-refractivity contribution in [2.75, 3.05) is 0 Å². The Labute approximate surface area is 97.1 Å². The van der Waals surface area contributed by atoms with Crippen LogP contribution < -0.4 is 11.2 Å². The van der Waals surface area contributed by atoms with Crippen molar-refractivity contribution in [3.05, 3.63) is 32.6 Å². The number of aromatic nitrogens is 2. The van der Waals surface area contributed by atoms with Crippen molar-refractivity contribution in [1.29, 1.82) is 0 Å². The Bertz CT molecular complexity index is 558. The molecule has 1 aliphatic rings. The van der Waals surface area contributed by atoms with Crippen LogP contribution in [0, 0.1) is 6.92 Å². The smallest absolute Gasteiger partial charge is 0.330 e. The van der Waals surface area contributed by atoms with Gasteiger partial charge in [0.05, 0.1) is 6.10 Å². The highest BCUT2D eigenvalue weighted by molar-refractivity contribution is 5.02. The number of ether oxygens (including phenoxy) is 1. The SMILES string of the molecule is [2H]C[C@H]1O[C@@H](n2cc(C)c(=O)[nH]c2=O)[C@H](F)[C@@H]1O. The maximum Gasteiger partial charge on any atom is 0.330 e. The van der Waals surface area contributed by atoms with Crippen LogP contribution in [0.2, 0.25) is 0 Å². The van der Waals surface area contributed by atoms with Gasteiger partial charge in [-0.2, -0.15) is 0 Å². The van der Waals surface area contributed by atoms with Gasteiger partial charge in [-0.25, -0.2) is 9.18 Å². The Morgan fingerprint density at radius 3 is 2.94 bits per heavy atom. The van der Waals surface area contributed by atoms with Crippen LogP contribution in [0.15, 0.2) is 15.8 Å². The zero-order valence-electron chi connectivity index (χ0n) is 10.1. The summed E-state index contributed by atoms with van der Waals surface area (Å²) in [5.74, 6) is 0. The van der Waals surface area contributed by atoms with E-state index < -0.39 is 35.9 Å². The van der Waals surface area contributed by atoms with Crippen LogP contribution in [0.3, 0.4) is 0 Å². The molecule has 1 aromatic heterocycles. The predicted octanol–water partition coefficient (Wildman–Crippen LogP) is -0.539. The normalized spacial score (nSPS) is 33.7. The number of aryl methyl sites for hydroxylation is 1. The van der Waals surface area contributed by atoms with Gasteiger partial charge in [-0.3, -0.25) is 14.3 Å². The van der Waals surface area contributed by atoms with Crippen molar-refractivity contribution in [2.24, 2.45) is 0 Å². The lowest BCUT2D eigenvalue weighted by Gasteiger charge is -2.15. The van der Waals surface area contributed by atoms with E-state index in [1.165, 1.54) is 13.1 Å². The van der Waals surface area contributed by atoms with Crippen molar-refractivity contribution in [2.45, 2.75) is 38.4 Å². The fourth-order valence-corrected chi connectivity index (χ4v) is 1.70. The molecule has 94 valence electrons. The first-order valence-corrected chi connectivity index (χ1v) is 5.04. The maximum absolute atomic E-state index is 13.8. The van der Waals surface area contributed by atoms with Crippen LogP contribution in [0.5, 0.6) is 0 Å². The molecule has 1 fully saturated rings. The summed E-state index contributed by atoms with van der Waals surface area (Å²) < 4.78 is 26.9. The van der Waals surface area contributed by atoms with Crippen LogP contribution in [0.4, 0.5) is 4.39 Å². The number of aromatic amines is 1. The highest BCUT2D eigenvalue weighted by atomic mass is 19.1. The number of aliphatic hydroxyl groups excluding tert-OH is 1. The number of H-pyrrole nitrogens is 1. The first-order valence-electron chi connectivity index (χ1n) is 5.75. The molecule has 0 unspecified atom stereocenters. The summed E-state index contributed by atoms with van der Waals surface area (Å²) in [6, 6.07) is 0. The molecule has 17 heavy (non-hydrogen) atoms. The Morgan fingerprint density at radius 1 is 1.65 bits per heavy atom. The van der Waals surface area contributed by atoms with Crippen LogP contribution in [0.25, 0.3) is 0 Å². The molecule has 6 nitrogen and oxygen atoms in total. The van der Waals surface area contributed by atoms with Gasteiger partial charge >= 0.3 is 5.69 Å². The van der Waals surface area contributed by atoms with E-state index >= 15 is 0 Å². The number of rotatable bonds is 1. The van der Waals surface area contributed by atoms with Gasteiger partial charge in [0, 0.05) is 13.1 Å². The summed E-state index contributed by atoms with van der Waals surface area (Å²) >= 11 is 0. The molecule has 4 atom stereocenters. The van der Waals surface area contributed by atoms with Crippen LogP contribution >= 0.6 is 0 Å². The molecule has 0 aliphatic carbocycles. The maximum atomic E-state index is 13.8. The molecule has 1 aliphatic heterocycles. The lowest BCUT2D eigenvalue weighted by atomic mass is 10.2. The van der Waals surface area contributed by atoms with E-state index in [1.54, 1.807) is 0 Å². The first kappa shape index (κ1) is 10.7. The third-order valence-corrected chi connectivity index (χ3v) is 2.71. The van der Waals surface area contributed by atoms with Crippen molar-refractivity contribution in [3.8, 4) is 0 Å². The molecule has 2 rings (SSSR count). The highest BCUT2D eigenvalue weighted by Gasteiger charge is 2.43. The monoisotopic (exact) mass is 245 g/mol. The number of hydrogen-bond donors (Lipinski definition) is 2. The van der Waals surface area contributed by atoms with E-state index in [1.807, 2.05) is 4.98 Å². The third kappa shape index (κ3) is 1.91. The second kappa shape index (κ2) is 4.08. The minimum atomic E-state index is -1.82. The average Bonchev–Trinajstić information content (AvgIpc) is 2.61. The largest absolute Gasteiger partial charge is 0.387 e. The van der Waals surface area contributed by atoms with E-state index in [-0.39, 0.29) is 12.5 Å². The minimum absolute atomic E-state index is 0.231. The van der Waals surface area contributed by atoms with Gasteiger partial charge in [0.25, 0.3) is 5.56 Å². The lowest BCUT2D eigenvalue weighted by molar-refractivity contribution is -0.0186. The topological polar surface area (TPSA) is 84.3 Å². The average molecular weight is 245 g/mol. The Hall–Kier alpha value is -1.47. The fraction of sp³-hybridized carbons (Fsp3) is 0.600. The number of halogens is 1. The molecule has 0 radical (unpaired) electrons. The molecule has 0 spiro atoms. The molecule has 2 heterocycles. The van der Waals surface area contributed by atoms with Gasteiger partial charge in [-0.05, 0) is 13.8 Å². The number of nitrogens with zero attached hydrogens (tertiary/aromatic N) is 1. The molecule has 7 heteroatoms. The quantitative estimate of drug-likeness (QED) is 0.696. The number of alkyl halides is 1. The number of aliphatic hydroxyl groups is 1. The Balaban J connectivity index is 2.42. The van der Waals surface area contributed by atoms with Crippen LogP contribution in [-0.2, 0) is 4.74 Å². The van der Waals surface area contributed by atoms with E-state index in [0.717, 1.165) is 4.57 Å². The van der Waals surface area contributed by atoms with Crippen molar-refractivity contribution in [3.63, 3.8) is 0 Å². The summed E-state index contributed by atoms with van der Waals surface area (Å²) in [7, 11) is 0. The molecule has 0 amide bonds.